The molecule has 1 aromatic heterocycles. The number of benzene rings is 1. The Morgan fingerprint density at radius 3 is 2.88 bits per heavy atom. The molecule has 1 aromatic carbocycles. The van der Waals surface area contributed by atoms with Crippen molar-refractivity contribution in [2.75, 3.05) is 39.9 Å². The molecule has 2 aromatic rings. The number of imidazole rings is 1. The van der Waals surface area contributed by atoms with Gasteiger partial charge in [0.05, 0.1) is 23.8 Å². The lowest BCUT2D eigenvalue weighted by Gasteiger charge is -2.37. The van der Waals surface area contributed by atoms with Gasteiger partial charge in [0.15, 0.2) is 6.17 Å². The van der Waals surface area contributed by atoms with Crippen molar-refractivity contribution in [3.63, 3.8) is 0 Å². The van der Waals surface area contributed by atoms with Crippen molar-refractivity contribution in [3.05, 3.63) is 29.0 Å². The highest BCUT2D eigenvalue weighted by Gasteiger charge is 2.43. The van der Waals surface area contributed by atoms with Crippen LogP contribution in [0.1, 0.15) is 5.82 Å². The first-order valence-corrected chi connectivity index (χ1v) is 11.5. The molecule has 4 aliphatic heterocycles. The van der Waals surface area contributed by atoms with Crippen LogP contribution in [0.3, 0.4) is 0 Å². The Bertz CT molecular complexity index is 1170. The third-order valence-electron chi connectivity index (χ3n) is 6.28. The summed E-state index contributed by atoms with van der Waals surface area (Å²) < 4.78 is 5.53. The molecule has 0 amide bonds. The first kappa shape index (κ1) is 20.4. The lowest BCUT2D eigenvalue weighted by molar-refractivity contribution is 0.0657. The van der Waals surface area contributed by atoms with Crippen LogP contribution in [0, 0.1) is 11.8 Å². The number of hydrogen-bond donors (Lipinski definition) is 2. The maximum Gasteiger partial charge on any atom is 0.224 e. The van der Waals surface area contributed by atoms with Gasteiger partial charge in [-0.25, -0.2) is 20.0 Å². The monoisotopic (exact) mass is 468 g/mol. The Morgan fingerprint density at radius 2 is 2.09 bits per heavy atom. The highest BCUT2D eigenvalue weighted by molar-refractivity contribution is 6.34. The number of aromatic nitrogens is 2. The van der Waals surface area contributed by atoms with E-state index in [0.717, 1.165) is 42.5 Å². The van der Waals surface area contributed by atoms with Gasteiger partial charge >= 0.3 is 0 Å². The van der Waals surface area contributed by atoms with Gasteiger partial charge in [-0.05, 0) is 12.1 Å². The molecule has 4 aliphatic rings. The summed E-state index contributed by atoms with van der Waals surface area (Å²) in [6, 6.07) is 5.69. The number of fused-ring (bicyclic) bond motifs is 2. The SMILES string of the molecule is CN1CC(C2C=NN3C(=NCc4nc5c(Cl)cccc5[nH]4)NC(N4CCOCC4)=NC23)C=N1. The molecule has 3 atom stereocenters. The molecule has 1 saturated heterocycles. The standard InChI is InChI=1S/C21H25ClN10O/c1-30-12-13(9-24-30)14-10-25-32-19(14)28-21(31-5-7-33-8-6-31)29-20(32)23-11-17-26-16-4-2-3-15(22)18(16)27-17/h2-4,9-10,13-14,19H,5-8,11-12H2,1H3,(H,26,27)(H,23,28,29). The minimum atomic E-state index is -0.170. The summed E-state index contributed by atoms with van der Waals surface area (Å²) in [5, 5.41) is 16.9. The van der Waals surface area contributed by atoms with E-state index in [2.05, 4.69) is 30.4 Å². The molecule has 172 valence electrons. The van der Waals surface area contributed by atoms with Gasteiger partial charge < -0.3 is 14.6 Å². The molecule has 0 radical (unpaired) electrons. The van der Waals surface area contributed by atoms with Crippen molar-refractivity contribution in [2.45, 2.75) is 12.7 Å². The molecule has 0 bridgehead atoms. The summed E-state index contributed by atoms with van der Waals surface area (Å²) in [7, 11) is 1.98. The molecule has 0 aliphatic carbocycles. The summed E-state index contributed by atoms with van der Waals surface area (Å²) in [4.78, 5) is 20.0. The van der Waals surface area contributed by atoms with E-state index in [9.17, 15) is 0 Å². The predicted octanol–water partition coefficient (Wildman–Crippen LogP) is 1.15. The number of guanidine groups is 2. The van der Waals surface area contributed by atoms with E-state index in [1.54, 1.807) is 0 Å². The number of aliphatic imine (C=N–C) groups is 2. The van der Waals surface area contributed by atoms with Crippen LogP contribution in [0.4, 0.5) is 0 Å². The van der Waals surface area contributed by atoms with Gasteiger partial charge in [0.1, 0.15) is 17.9 Å². The Labute approximate surface area is 195 Å². The number of hydrogen-bond acceptors (Lipinski definition) is 8. The van der Waals surface area contributed by atoms with E-state index in [4.69, 9.17) is 26.3 Å². The van der Waals surface area contributed by atoms with Crippen LogP contribution >= 0.6 is 11.6 Å². The second kappa shape index (κ2) is 8.31. The fraction of sp³-hybridized carbons (Fsp3) is 0.476. The van der Waals surface area contributed by atoms with Gasteiger partial charge in [0.25, 0.3) is 0 Å². The van der Waals surface area contributed by atoms with Crippen LogP contribution in [-0.2, 0) is 11.3 Å². The Balaban J connectivity index is 1.29. The van der Waals surface area contributed by atoms with E-state index in [1.807, 2.05) is 47.7 Å². The third kappa shape index (κ3) is 3.80. The van der Waals surface area contributed by atoms with Crippen molar-refractivity contribution in [1.29, 1.82) is 0 Å². The van der Waals surface area contributed by atoms with Crippen LogP contribution in [0.2, 0.25) is 5.02 Å². The molecule has 12 heteroatoms. The molecule has 3 unspecified atom stereocenters. The predicted molar refractivity (Wildman–Crippen MR) is 127 cm³/mol. The summed E-state index contributed by atoms with van der Waals surface area (Å²) >= 11 is 6.28. The number of nitrogens with one attached hydrogen (secondary N) is 2. The van der Waals surface area contributed by atoms with Crippen molar-refractivity contribution in [2.24, 2.45) is 32.0 Å². The number of nitrogens with zero attached hydrogens (tertiary/aromatic N) is 8. The van der Waals surface area contributed by atoms with E-state index in [-0.39, 0.29) is 18.0 Å². The van der Waals surface area contributed by atoms with Crippen molar-refractivity contribution in [1.82, 2.24) is 30.2 Å². The fourth-order valence-corrected chi connectivity index (χ4v) is 4.78. The molecule has 2 N–H and O–H groups in total. The second-order valence-electron chi connectivity index (χ2n) is 8.51. The fourth-order valence-electron chi connectivity index (χ4n) is 4.56. The highest BCUT2D eigenvalue weighted by Crippen LogP contribution is 2.30. The Hall–Kier alpha value is -3.18. The molecular formula is C21H25ClN10O. The van der Waals surface area contributed by atoms with E-state index < -0.39 is 0 Å². The Morgan fingerprint density at radius 1 is 1.21 bits per heavy atom. The molecular weight excluding hydrogens is 444 g/mol. The van der Waals surface area contributed by atoms with Gasteiger partial charge in [-0.15, -0.1) is 0 Å². The first-order chi connectivity index (χ1) is 16.2. The zero-order valence-corrected chi connectivity index (χ0v) is 19.0. The van der Waals surface area contributed by atoms with E-state index in [1.165, 1.54) is 0 Å². The number of aromatic amines is 1. The number of ether oxygens (including phenoxy) is 1. The molecule has 1 fully saturated rings. The lowest BCUT2D eigenvalue weighted by atomic mass is 9.92. The number of halogens is 1. The molecule has 11 nitrogen and oxygen atoms in total. The van der Waals surface area contributed by atoms with Gasteiger partial charge in [0, 0.05) is 50.9 Å². The molecule has 0 saturated carbocycles. The van der Waals surface area contributed by atoms with Crippen LogP contribution in [-0.4, -0.2) is 95.3 Å². The second-order valence-corrected chi connectivity index (χ2v) is 8.91. The number of morpholine rings is 1. The lowest BCUT2D eigenvalue weighted by Crippen LogP contribution is -2.58. The first-order valence-electron chi connectivity index (χ1n) is 11.1. The molecule has 0 spiro atoms. The van der Waals surface area contributed by atoms with Crippen molar-refractivity contribution < 1.29 is 4.74 Å². The average molecular weight is 469 g/mol. The number of rotatable bonds is 3. The van der Waals surface area contributed by atoms with Crippen molar-refractivity contribution >= 4 is 47.0 Å². The summed E-state index contributed by atoms with van der Waals surface area (Å²) in [6.45, 7) is 4.15. The molecule has 5 heterocycles. The highest BCUT2D eigenvalue weighted by atomic mass is 35.5. The Kier molecular flexibility index (Phi) is 5.14. The quantitative estimate of drug-likeness (QED) is 0.699. The number of para-hydroxylation sites is 1. The van der Waals surface area contributed by atoms with Gasteiger partial charge in [0.2, 0.25) is 11.9 Å². The third-order valence-corrected chi connectivity index (χ3v) is 6.58. The van der Waals surface area contributed by atoms with Crippen LogP contribution in [0.25, 0.3) is 11.0 Å². The zero-order valence-electron chi connectivity index (χ0n) is 18.2. The van der Waals surface area contributed by atoms with Crippen LogP contribution in [0.15, 0.2) is 38.4 Å². The van der Waals surface area contributed by atoms with E-state index in [0.29, 0.717) is 30.7 Å². The summed E-state index contributed by atoms with van der Waals surface area (Å²) in [6.07, 6.45) is 3.81. The van der Waals surface area contributed by atoms with Gasteiger partial charge in [-0.3, -0.25) is 10.3 Å². The van der Waals surface area contributed by atoms with Crippen molar-refractivity contribution in [3.8, 4) is 0 Å². The summed E-state index contributed by atoms with van der Waals surface area (Å²) in [5.41, 5.74) is 1.65. The van der Waals surface area contributed by atoms with Gasteiger partial charge in [-0.1, -0.05) is 17.7 Å². The largest absolute Gasteiger partial charge is 0.378 e. The average Bonchev–Trinajstić information content (AvgIpc) is 3.56. The van der Waals surface area contributed by atoms with Crippen LogP contribution < -0.4 is 5.32 Å². The minimum Gasteiger partial charge on any atom is -0.378 e. The minimum absolute atomic E-state index is 0.118. The topological polar surface area (TPSA) is 109 Å². The maximum absolute atomic E-state index is 6.28. The smallest absolute Gasteiger partial charge is 0.224 e. The molecule has 6 rings (SSSR count). The van der Waals surface area contributed by atoms with Crippen LogP contribution in [0.5, 0.6) is 0 Å². The summed E-state index contributed by atoms with van der Waals surface area (Å²) in [5.74, 6) is 2.57. The van der Waals surface area contributed by atoms with Gasteiger partial charge in [-0.2, -0.15) is 10.2 Å². The van der Waals surface area contributed by atoms with E-state index >= 15 is 0 Å². The zero-order chi connectivity index (χ0) is 22.4. The normalized spacial score (nSPS) is 28.1. The maximum atomic E-state index is 6.28. The molecule has 33 heavy (non-hydrogen) atoms. The number of H-pyrrole nitrogens is 1. The number of hydrazone groups is 2.